The van der Waals surface area contributed by atoms with Gasteiger partial charge in [0.25, 0.3) is 5.91 Å². The Hall–Kier alpha value is -1.13. The van der Waals surface area contributed by atoms with Gasteiger partial charge in [-0.3, -0.25) is 4.79 Å². The van der Waals surface area contributed by atoms with Crippen molar-refractivity contribution in [1.82, 2.24) is 5.32 Å². The smallest absolute Gasteiger partial charge is 0.251 e. The topological polar surface area (TPSA) is 29.1 Å². The molecule has 2 rings (SSSR count). The molecule has 0 saturated heterocycles. The third kappa shape index (κ3) is 3.68. The molecule has 0 atom stereocenters. The van der Waals surface area contributed by atoms with Crippen LogP contribution in [0.25, 0.3) is 0 Å². The number of halogens is 1. The van der Waals surface area contributed by atoms with E-state index in [0.29, 0.717) is 12.1 Å². The lowest BCUT2D eigenvalue weighted by Gasteiger charge is -2.06. The van der Waals surface area contributed by atoms with Gasteiger partial charge in [0.15, 0.2) is 0 Å². The highest BCUT2D eigenvalue weighted by atomic mass is 79.9. The molecule has 0 unspecified atom stereocenters. The maximum absolute atomic E-state index is 11.9. The van der Waals surface area contributed by atoms with Gasteiger partial charge in [-0.25, -0.2) is 0 Å². The van der Waals surface area contributed by atoms with E-state index < -0.39 is 0 Å². The van der Waals surface area contributed by atoms with Crippen LogP contribution >= 0.6 is 27.3 Å². The molecule has 0 aliphatic carbocycles. The first-order valence-electron chi connectivity index (χ1n) is 5.71. The van der Waals surface area contributed by atoms with Crippen LogP contribution in [-0.2, 0) is 6.42 Å². The summed E-state index contributed by atoms with van der Waals surface area (Å²) in [4.78, 5) is 11.9. The van der Waals surface area contributed by atoms with Crippen LogP contribution in [0.1, 0.15) is 21.5 Å². The quantitative estimate of drug-likeness (QED) is 0.911. The van der Waals surface area contributed by atoms with E-state index in [1.807, 2.05) is 25.1 Å². The van der Waals surface area contributed by atoms with Crippen molar-refractivity contribution in [3.05, 3.63) is 56.2 Å². The predicted octanol–water partition coefficient (Wildman–Crippen LogP) is 3.79. The molecule has 0 saturated carbocycles. The standard InChI is InChI=1S/C14H14BrNOS/c1-10-6-12(8-13(15)7-10)14(17)16-4-2-11-3-5-18-9-11/h3,5-9H,2,4H2,1H3,(H,16,17). The molecule has 18 heavy (non-hydrogen) atoms. The van der Waals surface area contributed by atoms with Crippen molar-refractivity contribution < 1.29 is 4.79 Å². The largest absolute Gasteiger partial charge is 0.352 e. The molecule has 1 aromatic heterocycles. The summed E-state index contributed by atoms with van der Waals surface area (Å²) in [6, 6.07) is 7.81. The SMILES string of the molecule is Cc1cc(Br)cc(C(=O)NCCc2ccsc2)c1. The molecule has 0 spiro atoms. The van der Waals surface area contributed by atoms with Crippen molar-refractivity contribution in [2.45, 2.75) is 13.3 Å². The van der Waals surface area contributed by atoms with E-state index in [1.54, 1.807) is 11.3 Å². The third-order valence-electron chi connectivity index (χ3n) is 2.58. The lowest BCUT2D eigenvalue weighted by atomic mass is 10.1. The summed E-state index contributed by atoms with van der Waals surface area (Å²) in [5.41, 5.74) is 3.05. The van der Waals surface area contributed by atoms with Crippen LogP contribution < -0.4 is 5.32 Å². The van der Waals surface area contributed by atoms with Gasteiger partial charge in [-0.15, -0.1) is 0 Å². The first-order valence-corrected chi connectivity index (χ1v) is 7.45. The number of amides is 1. The summed E-state index contributed by atoms with van der Waals surface area (Å²) in [5, 5.41) is 7.09. The van der Waals surface area contributed by atoms with Crippen molar-refractivity contribution in [2.75, 3.05) is 6.54 Å². The Morgan fingerprint density at radius 1 is 1.39 bits per heavy atom. The fourth-order valence-corrected chi connectivity index (χ4v) is 3.04. The van der Waals surface area contributed by atoms with Crippen LogP contribution in [0.15, 0.2) is 39.5 Å². The first-order chi connectivity index (χ1) is 8.65. The number of hydrogen-bond acceptors (Lipinski definition) is 2. The molecule has 1 N–H and O–H groups in total. The monoisotopic (exact) mass is 323 g/mol. The van der Waals surface area contributed by atoms with E-state index in [-0.39, 0.29) is 5.91 Å². The highest BCUT2D eigenvalue weighted by molar-refractivity contribution is 9.10. The maximum Gasteiger partial charge on any atom is 0.251 e. The van der Waals surface area contributed by atoms with Gasteiger partial charge < -0.3 is 5.32 Å². The fourth-order valence-electron chi connectivity index (χ4n) is 1.72. The van der Waals surface area contributed by atoms with Crippen LogP contribution in [0.5, 0.6) is 0 Å². The zero-order chi connectivity index (χ0) is 13.0. The number of benzene rings is 1. The summed E-state index contributed by atoms with van der Waals surface area (Å²) in [6.45, 7) is 2.65. The number of rotatable bonds is 4. The molecule has 94 valence electrons. The minimum Gasteiger partial charge on any atom is -0.352 e. The van der Waals surface area contributed by atoms with Gasteiger partial charge >= 0.3 is 0 Å². The van der Waals surface area contributed by atoms with Gasteiger partial charge in [0.2, 0.25) is 0 Å². The lowest BCUT2D eigenvalue weighted by Crippen LogP contribution is -2.25. The molecule has 0 aliphatic heterocycles. The zero-order valence-corrected chi connectivity index (χ0v) is 12.5. The van der Waals surface area contributed by atoms with Crippen molar-refractivity contribution in [3.8, 4) is 0 Å². The second kappa shape index (κ2) is 6.16. The Morgan fingerprint density at radius 2 is 2.22 bits per heavy atom. The molecule has 2 aromatic rings. The van der Waals surface area contributed by atoms with Crippen molar-refractivity contribution in [1.29, 1.82) is 0 Å². The van der Waals surface area contributed by atoms with Crippen molar-refractivity contribution in [3.63, 3.8) is 0 Å². The maximum atomic E-state index is 11.9. The average Bonchev–Trinajstić information content (AvgIpc) is 2.80. The number of nitrogens with one attached hydrogen (secondary N) is 1. The molecular weight excluding hydrogens is 310 g/mol. The van der Waals surface area contributed by atoms with E-state index >= 15 is 0 Å². The van der Waals surface area contributed by atoms with Gasteiger partial charge in [0.1, 0.15) is 0 Å². The summed E-state index contributed by atoms with van der Waals surface area (Å²) < 4.78 is 0.936. The number of carbonyl (C=O) groups excluding carboxylic acids is 1. The summed E-state index contributed by atoms with van der Waals surface area (Å²) in [7, 11) is 0. The van der Waals surface area contributed by atoms with Crippen LogP contribution in [0.4, 0.5) is 0 Å². The normalized spacial score (nSPS) is 10.3. The van der Waals surface area contributed by atoms with E-state index in [0.717, 1.165) is 16.5 Å². The van der Waals surface area contributed by atoms with Crippen LogP contribution in [-0.4, -0.2) is 12.5 Å². The number of thiophene rings is 1. The molecule has 0 bridgehead atoms. The molecule has 1 aromatic carbocycles. The molecular formula is C14H14BrNOS. The number of hydrogen-bond donors (Lipinski definition) is 1. The second-order valence-electron chi connectivity index (χ2n) is 4.15. The molecule has 0 fully saturated rings. The summed E-state index contributed by atoms with van der Waals surface area (Å²) >= 11 is 5.08. The van der Waals surface area contributed by atoms with Gasteiger partial charge in [-0.2, -0.15) is 11.3 Å². The Bertz CT molecular complexity index is 516. The fraction of sp³-hybridized carbons (Fsp3) is 0.214. The molecule has 0 aliphatic rings. The van der Waals surface area contributed by atoms with Crippen LogP contribution in [0, 0.1) is 6.92 Å². The van der Waals surface area contributed by atoms with Gasteiger partial charge in [-0.05, 0) is 59.5 Å². The molecule has 4 heteroatoms. The highest BCUT2D eigenvalue weighted by Crippen LogP contribution is 2.15. The van der Waals surface area contributed by atoms with Crippen LogP contribution in [0.2, 0.25) is 0 Å². The van der Waals surface area contributed by atoms with Crippen molar-refractivity contribution >= 4 is 33.2 Å². The van der Waals surface area contributed by atoms with Crippen LogP contribution in [0.3, 0.4) is 0 Å². The molecule has 2 nitrogen and oxygen atoms in total. The van der Waals surface area contributed by atoms with Gasteiger partial charge in [0.05, 0.1) is 0 Å². The minimum absolute atomic E-state index is 0.0189. The van der Waals surface area contributed by atoms with E-state index in [1.165, 1.54) is 5.56 Å². The highest BCUT2D eigenvalue weighted by Gasteiger charge is 2.06. The molecule has 1 amide bonds. The minimum atomic E-state index is -0.0189. The Morgan fingerprint density at radius 3 is 2.89 bits per heavy atom. The van der Waals surface area contributed by atoms with E-state index in [2.05, 4.69) is 38.1 Å². The molecule has 1 heterocycles. The van der Waals surface area contributed by atoms with Gasteiger partial charge in [-0.1, -0.05) is 15.9 Å². The zero-order valence-electron chi connectivity index (χ0n) is 10.1. The lowest BCUT2D eigenvalue weighted by molar-refractivity contribution is 0.0954. The Balaban J connectivity index is 1.91. The van der Waals surface area contributed by atoms with Gasteiger partial charge in [0, 0.05) is 16.6 Å². The Kier molecular flexibility index (Phi) is 4.55. The molecule has 0 radical (unpaired) electrons. The summed E-state index contributed by atoms with van der Waals surface area (Å²) in [6.07, 6.45) is 0.877. The number of aryl methyl sites for hydroxylation is 1. The van der Waals surface area contributed by atoms with E-state index in [4.69, 9.17) is 0 Å². The van der Waals surface area contributed by atoms with E-state index in [9.17, 15) is 4.79 Å². The Labute approximate surface area is 119 Å². The van der Waals surface area contributed by atoms with Crippen molar-refractivity contribution in [2.24, 2.45) is 0 Å². The third-order valence-corrected chi connectivity index (χ3v) is 3.77. The predicted molar refractivity (Wildman–Crippen MR) is 79.2 cm³/mol. The number of carbonyl (C=O) groups is 1. The summed E-state index contributed by atoms with van der Waals surface area (Å²) in [5.74, 6) is -0.0189. The second-order valence-corrected chi connectivity index (χ2v) is 5.85. The first kappa shape index (κ1) is 13.3. The average molecular weight is 324 g/mol.